The molecule has 1 saturated carbocycles. The minimum atomic E-state index is -0.249. The molecule has 33 heavy (non-hydrogen) atoms. The van der Waals surface area contributed by atoms with Gasteiger partial charge in [0, 0.05) is 24.5 Å². The van der Waals surface area contributed by atoms with Crippen molar-refractivity contribution in [3.05, 3.63) is 77.9 Å². The molecule has 0 bridgehead atoms. The Morgan fingerprint density at radius 3 is 2.42 bits per heavy atom. The van der Waals surface area contributed by atoms with Crippen LogP contribution in [0.1, 0.15) is 70.9 Å². The van der Waals surface area contributed by atoms with Crippen molar-refractivity contribution >= 4 is 11.4 Å². The van der Waals surface area contributed by atoms with Crippen molar-refractivity contribution in [2.24, 2.45) is 5.73 Å². The third-order valence-electron chi connectivity index (χ3n) is 5.07. The lowest BCUT2D eigenvalue weighted by atomic mass is 9.95. The number of aromatic nitrogens is 1. The number of nitrogens with zero attached hydrogens (tertiary/aromatic N) is 1. The molecule has 0 amide bonds. The van der Waals surface area contributed by atoms with Gasteiger partial charge in [0.25, 0.3) is 0 Å². The average Bonchev–Trinajstić information content (AvgIpc) is 2.82. The van der Waals surface area contributed by atoms with Crippen LogP contribution in [0.3, 0.4) is 0 Å². The maximum atomic E-state index is 12.8. The highest BCUT2D eigenvalue weighted by atomic mass is 19.1. The summed E-state index contributed by atoms with van der Waals surface area (Å²) in [6.07, 6.45) is 15.7. The number of rotatable bonds is 9. The van der Waals surface area contributed by atoms with Crippen molar-refractivity contribution in [3.8, 4) is 0 Å². The second kappa shape index (κ2) is 17.8. The van der Waals surface area contributed by atoms with E-state index < -0.39 is 0 Å². The van der Waals surface area contributed by atoms with Crippen LogP contribution in [0.5, 0.6) is 0 Å². The van der Waals surface area contributed by atoms with Gasteiger partial charge in [-0.25, -0.2) is 9.37 Å². The number of aryl methyl sites for hydroxylation is 1. The smallest absolute Gasteiger partial charge is 0.126 e. The van der Waals surface area contributed by atoms with Crippen LogP contribution < -0.4 is 16.4 Å². The monoisotopic (exact) mass is 456 g/mol. The Bertz CT molecular complexity index is 811. The molecule has 5 heteroatoms. The van der Waals surface area contributed by atoms with E-state index in [2.05, 4.69) is 60.5 Å². The van der Waals surface area contributed by atoms with Crippen molar-refractivity contribution in [1.82, 2.24) is 10.3 Å². The molecule has 1 aliphatic carbocycles. The van der Waals surface area contributed by atoms with Gasteiger partial charge in [0.1, 0.15) is 5.82 Å². The van der Waals surface area contributed by atoms with E-state index in [-0.39, 0.29) is 5.83 Å². The van der Waals surface area contributed by atoms with Gasteiger partial charge >= 0.3 is 0 Å². The first-order valence-electron chi connectivity index (χ1n) is 12.0. The normalized spacial score (nSPS) is 14.5. The van der Waals surface area contributed by atoms with Crippen molar-refractivity contribution in [2.75, 3.05) is 18.9 Å². The van der Waals surface area contributed by atoms with Gasteiger partial charge in [-0.05, 0) is 81.2 Å². The minimum Gasteiger partial charge on any atom is -0.381 e. The third-order valence-corrected chi connectivity index (χ3v) is 5.07. The van der Waals surface area contributed by atoms with E-state index in [9.17, 15) is 4.39 Å². The number of allylic oxidation sites excluding steroid dienone is 5. The molecule has 184 valence electrons. The fourth-order valence-electron chi connectivity index (χ4n) is 3.50. The molecule has 0 aliphatic heterocycles. The predicted octanol–water partition coefficient (Wildman–Crippen LogP) is 7.23. The third kappa shape index (κ3) is 12.8. The quantitative estimate of drug-likeness (QED) is 0.343. The average molecular weight is 457 g/mol. The molecule has 0 unspecified atom stereocenters. The second-order valence-corrected chi connectivity index (χ2v) is 7.84. The number of nitrogens with two attached hydrogens (primary N) is 1. The molecule has 0 atom stereocenters. The van der Waals surface area contributed by atoms with Gasteiger partial charge in [-0.15, -0.1) is 0 Å². The highest BCUT2D eigenvalue weighted by Gasteiger charge is 2.14. The fraction of sp³-hybridized carbons (Fsp3) is 0.464. The predicted molar refractivity (Wildman–Crippen MR) is 145 cm³/mol. The van der Waals surface area contributed by atoms with Crippen molar-refractivity contribution < 1.29 is 4.39 Å². The lowest BCUT2D eigenvalue weighted by molar-refractivity contribution is 0.462. The van der Waals surface area contributed by atoms with Gasteiger partial charge in [-0.2, -0.15) is 0 Å². The summed E-state index contributed by atoms with van der Waals surface area (Å²) < 4.78 is 12.8. The van der Waals surface area contributed by atoms with E-state index in [4.69, 9.17) is 0 Å². The molecule has 0 saturated heterocycles. The van der Waals surface area contributed by atoms with Crippen molar-refractivity contribution in [3.63, 3.8) is 0 Å². The Morgan fingerprint density at radius 1 is 1.18 bits per heavy atom. The molecule has 1 fully saturated rings. The molecule has 2 rings (SSSR count). The van der Waals surface area contributed by atoms with E-state index in [1.54, 1.807) is 0 Å². The maximum Gasteiger partial charge on any atom is 0.126 e. The van der Waals surface area contributed by atoms with Crippen molar-refractivity contribution in [1.29, 1.82) is 0 Å². The second-order valence-electron chi connectivity index (χ2n) is 7.84. The highest BCUT2D eigenvalue weighted by molar-refractivity contribution is 5.69. The Hall–Kier alpha value is -2.66. The molecular weight excluding hydrogens is 411 g/mol. The van der Waals surface area contributed by atoms with Gasteiger partial charge in [0.05, 0.1) is 5.83 Å². The Balaban J connectivity index is 0.00000242. The highest BCUT2D eigenvalue weighted by Crippen LogP contribution is 2.24. The molecule has 4 N–H and O–H groups in total. The number of hydrogen-bond donors (Lipinski definition) is 3. The number of pyridine rings is 1. The summed E-state index contributed by atoms with van der Waals surface area (Å²) in [5.41, 5.74) is 9.45. The Labute approximate surface area is 201 Å². The zero-order chi connectivity index (χ0) is 25.2. The number of nitrogens with one attached hydrogen (secondary N) is 2. The van der Waals surface area contributed by atoms with Crippen LogP contribution in [0, 0.1) is 6.92 Å². The summed E-state index contributed by atoms with van der Waals surface area (Å²) in [5, 5.41) is 6.72. The first-order chi connectivity index (χ1) is 15.8. The van der Waals surface area contributed by atoms with Crippen LogP contribution in [0.15, 0.2) is 66.8 Å². The van der Waals surface area contributed by atoms with E-state index in [0.717, 1.165) is 17.1 Å². The summed E-state index contributed by atoms with van der Waals surface area (Å²) in [6.45, 7) is 17.8. The van der Waals surface area contributed by atoms with E-state index in [1.807, 2.05) is 32.2 Å². The Kier molecular flexibility index (Phi) is 16.4. The van der Waals surface area contributed by atoms with Crippen LogP contribution in [-0.4, -0.2) is 24.6 Å². The van der Waals surface area contributed by atoms with Crippen LogP contribution in [0.4, 0.5) is 10.2 Å². The molecular formula is C28H45FN4. The van der Waals surface area contributed by atoms with Gasteiger partial charge < -0.3 is 16.4 Å². The van der Waals surface area contributed by atoms with Gasteiger partial charge in [-0.3, -0.25) is 0 Å². The van der Waals surface area contributed by atoms with E-state index in [0.29, 0.717) is 18.2 Å². The molecule has 1 aliphatic rings. The largest absolute Gasteiger partial charge is 0.381 e. The fourth-order valence-corrected chi connectivity index (χ4v) is 3.50. The topological polar surface area (TPSA) is 63.0 Å². The summed E-state index contributed by atoms with van der Waals surface area (Å²) in [4.78, 5) is 4.57. The zero-order valence-electron chi connectivity index (χ0n) is 21.6. The SMILES string of the molecule is C=C(/C=C(\C)F)CNC(=C)/C=C\C=C(/C)c1cc(NC2CCCCC2)ncc1C.CC.CN. The first kappa shape index (κ1) is 30.3. The summed E-state index contributed by atoms with van der Waals surface area (Å²) in [6, 6.07) is 2.68. The summed E-state index contributed by atoms with van der Waals surface area (Å²) in [7, 11) is 1.50. The van der Waals surface area contributed by atoms with Crippen LogP contribution >= 0.6 is 0 Å². The van der Waals surface area contributed by atoms with Crippen LogP contribution in [0.25, 0.3) is 5.57 Å². The Morgan fingerprint density at radius 2 is 1.82 bits per heavy atom. The molecule has 0 radical (unpaired) electrons. The maximum absolute atomic E-state index is 12.8. The molecule has 1 heterocycles. The van der Waals surface area contributed by atoms with Gasteiger partial charge in [-0.1, -0.05) is 58.4 Å². The standard InChI is InChI=1S/C25H34FN3.C2H6.CH5N/c1-18(14-21(4)26)16-27-22(5)11-9-10-19(2)24-15-25(28-17-20(24)3)29-23-12-7-6-8-13-23;2*1-2/h9-11,14-15,17,23,27H,1,5-8,12-13,16H2,2-4H3,(H,28,29);1-2H3;2H2,1H3/b11-9-,19-10+,21-14+;;. The lowest BCUT2D eigenvalue weighted by Gasteiger charge is -2.23. The zero-order valence-corrected chi connectivity index (χ0v) is 21.6. The molecule has 1 aromatic heterocycles. The van der Waals surface area contributed by atoms with E-state index >= 15 is 0 Å². The first-order valence-corrected chi connectivity index (χ1v) is 12.0. The summed E-state index contributed by atoms with van der Waals surface area (Å²) in [5.74, 6) is 0.705. The van der Waals surface area contributed by atoms with Crippen LogP contribution in [-0.2, 0) is 0 Å². The van der Waals surface area contributed by atoms with Gasteiger partial charge in [0.2, 0.25) is 0 Å². The molecule has 1 aromatic rings. The molecule has 0 aromatic carbocycles. The minimum absolute atomic E-state index is 0.249. The summed E-state index contributed by atoms with van der Waals surface area (Å²) >= 11 is 0. The molecule has 0 spiro atoms. The van der Waals surface area contributed by atoms with Gasteiger partial charge in [0.15, 0.2) is 0 Å². The van der Waals surface area contributed by atoms with Crippen LogP contribution in [0.2, 0.25) is 0 Å². The molecule has 4 nitrogen and oxygen atoms in total. The van der Waals surface area contributed by atoms with E-state index in [1.165, 1.54) is 63.3 Å². The number of hydrogen-bond acceptors (Lipinski definition) is 4. The number of anilines is 1. The number of halogens is 1. The van der Waals surface area contributed by atoms with Crippen molar-refractivity contribution in [2.45, 2.75) is 72.8 Å². The lowest BCUT2D eigenvalue weighted by Crippen LogP contribution is -2.22.